The van der Waals surface area contributed by atoms with E-state index in [1.165, 1.54) is 0 Å². The first-order valence-corrected chi connectivity index (χ1v) is 9.05. The van der Waals surface area contributed by atoms with E-state index in [0.717, 1.165) is 51.6 Å². The standard InChI is InChI=1S/C17H30N4O2/c1-19(2)15-7-6-14(12-15)18-17(23)21-9-3-8-20(10-11-21)16(22)13-4-5-13/h13-15H,3-12H2,1-2H3,(H,18,23)/t14-,15+/m1/s1. The first kappa shape index (κ1) is 16.6. The molecule has 3 aliphatic rings. The number of carbonyl (C=O) groups excluding carboxylic acids is 2. The summed E-state index contributed by atoms with van der Waals surface area (Å²) in [4.78, 5) is 30.8. The lowest BCUT2D eigenvalue weighted by atomic mass is 10.2. The molecule has 0 aromatic heterocycles. The van der Waals surface area contributed by atoms with Crippen molar-refractivity contribution in [2.75, 3.05) is 40.3 Å². The Morgan fingerprint density at radius 3 is 2.30 bits per heavy atom. The normalized spacial score (nSPS) is 28.8. The molecule has 3 rings (SSSR count). The van der Waals surface area contributed by atoms with E-state index in [1.807, 2.05) is 9.80 Å². The van der Waals surface area contributed by atoms with E-state index < -0.39 is 0 Å². The molecule has 0 aromatic rings. The van der Waals surface area contributed by atoms with Crippen LogP contribution in [0.5, 0.6) is 0 Å². The molecular formula is C17H30N4O2. The van der Waals surface area contributed by atoms with E-state index in [-0.39, 0.29) is 11.9 Å². The van der Waals surface area contributed by atoms with Crippen molar-refractivity contribution >= 4 is 11.9 Å². The van der Waals surface area contributed by atoms with Gasteiger partial charge < -0.3 is 20.0 Å². The molecule has 0 unspecified atom stereocenters. The van der Waals surface area contributed by atoms with Gasteiger partial charge in [0.2, 0.25) is 5.91 Å². The SMILES string of the molecule is CN(C)[C@H]1CC[C@@H](NC(=O)N2CCCN(C(=O)C3CC3)CC2)C1. The van der Waals surface area contributed by atoms with Crippen molar-refractivity contribution in [2.24, 2.45) is 5.92 Å². The molecule has 3 fully saturated rings. The van der Waals surface area contributed by atoms with Gasteiger partial charge in [0.15, 0.2) is 0 Å². The maximum absolute atomic E-state index is 12.5. The van der Waals surface area contributed by atoms with Crippen LogP contribution in [0.3, 0.4) is 0 Å². The molecule has 2 atom stereocenters. The van der Waals surface area contributed by atoms with E-state index in [0.29, 0.717) is 31.1 Å². The fourth-order valence-electron chi connectivity index (χ4n) is 3.75. The van der Waals surface area contributed by atoms with Crippen molar-refractivity contribution in [1.29, 1.82) is 0 Å². The molecule has 1 heterocycles. The Hall–Kier alpha value is -1.30. The fraction of sp³-hybridized carbons (Fsp3) is 0.882. The zero-order valence-electron chi connectivity index (χ0n) is 14.5. The van der Waals surface area contributed by atoms with E-state index in [1.54, 1.807) is 0 Å². The average Bonchev–Trinajstić information content (AvgIpc) is 3.30. The topological polar surface area (TPSA) is 55.9 Å². The summed E-state index contributed by atoms with van der Waals surface area (Å²) < 4.78 is 0. The first-order valence-electron chi connectivity index (χ1n) is 9.05. The van der Waals surface area contributed by atoms with Crippen molar-refractivity contribution < 1.29 is 9.59 Å². The molecule has 1 saturated heterocycles. The van der Waals surface area contributed by atoms with Crippen LogP contribution in [0.4, 0.5) is 4.79 Å². The van der Waals surface area contributed by atoms with Crippen LogP contribution in [-0.4, -0.2) is 79.0 Å². The number of hydrogen-bond donors (Lipinski definition) is 1. The van der Waals surface area contributed by atoms with Crippen LogP contribution in [0, 0.1) is 5.92 Å². The third kappa shape index (κ3) is 4.16. The van der Waals surface area contributed by atoms with Crippen LogP contribution < -0.4 is 5.32 Å². The van der Waals surface area contributed by atoms with Crippen LogP contribution >= 0.6 is 0 Å². The van der Waals surface area contributed by atoms with Crippen LogP contribution in [0.25, 0.3) is 0 Å². The van der Waals surface area contributed by atoms with Crippen molar-refractivity contribution in [2.45, 2.75) is 50.6 Å². The molecule has 2 aliphatic carbocycles. The van der Waals surface area contributed by atoms with Gasteiger partial charge >= 0.3 is 6.03 Å². The van der Waals surface area contributed by atoms with E-state index >= 15 is 0 Å². The van der Waals surface area contributed by atoms with Gasteiger partial charge in [-0.2, -0.15) is 0 Å². The summed E-state index contributed by atoms with van der Waals surface area (Å²) in [6, 6.07) is 0.925. The Labute approximate surface area is 139 Å². The second-order valence-corrected chi connectivity index (χ2v) is 7.52. The molecule has 0 bridgehead atoms. The van der Waals surface area contributed by atoms with Crippen LogP contribution in [-0.2, 0) is 4.79 Å². The molecule has 3 amide bonds. The van der Waals surface area contributed by atoms with E-state index in [9.17, 15) is 9.59 Å². The Kier molecular flexibility index (Phi) is 5.09. The number of carbonyl (C=O) groups is 2. The number of nitrogens with one attached hydrogen (secondary N) is 1. The maximum Gasteiger partial charge on any atom is 0.317 e. The second kappa shape index (κ2) is 7.07. The molecule has 6 nitrogen and oxygen atoms in total. The minimum absolute atomic E-state index is 0.0510. The smallest absolute Gasteiger partial charge is 0.317 e. The summed E-state index contributed by atoms with van der Waals surface area (Å²) in [6.45, 7) is 2.90. The van der Waals surface area contributed by atoms with Crippen molar-refractivity contribution in [1.82, 2.24) is 20.0 Å². The second-order valence-electron chi connectivity index (χ2n) is 7.52. The minimum atomic E-state index is 0.0510. The highest BCUT2D eigenvalue weighted by Gasteiger charge is 2.34. The van der Waals surface area contributed by atoms with Gasteiger partial charge in [-0.25, -0.2) is 4.79 Å². The maximum atomic E-state index is 12.5. The summed E-state index contributed by atoms with van der Waals surface area (Å²) in [6.07, 6.45) is 6.24. The van der Waals surface area contributed by atoms with Gasteiger partial charge in [0.1, 0.15) is 0 Å². The first-order chi connectivity index (χ1) is 11.0. The zero-order chi connectivity index (χ0) is 16.4. The Morgan fingerprint density at radius 1 is 0.957 bits per heavy atom. The van der Waals surface area contributed by atoms with Gasteiger partial charge in [-0.1, -0.05) is 0 Å². The highest BCUT2D eigenvalue weighted by Crippen LogP contribution is 2.31. The minimum Gasteiger partial charge on any atom is -0.341 e. The monoisotopic (exact) mass is 322 g/mol. The van der Waals surface area contributed by atoms with E-state index in [4.69, 9.17) is 0 Å². The number of nitrogens with zero attached hydrogens (tertiary/aromatic N) is 3. The molecule has 1 aliphatic heterocycles. The highest BCUT2D eigenvalue weighted by atomic mass is 16.2. The summed E-state index contributed by atoms with van der Waals surface area (Å²) in [5.41, 5.74) is 0. The lowest BCUT2D eigenvalue weighted by Gasteiger charge is -2.25. The summed E-state index contributed by atoms with van der Waals surface area (Å²) in [7, 11) is 4.21. The summed E-state index contributed by atoms with van der Waals surface area (Å²) >= 11 is 0. The predicted octanol–water partition coefficient (Wildman–Crippen LogP) is 1.12. The van der Waals surface area contributed by atoms with Gasteiger partial charge in [-0.15, -0.1) is 0 Å². The molecule has 23 heavy (non-hydrogen) atoms. The Bertz CT molecular complexity index is 450. The third-order valence-electron chi connectivity index (χ3n) is 5.48. The lowest BCUT2D eigenvalue weighted by Crippen LogP contribution is -2.46. The van der Waals surface area contributed by atoms with Crippen molar-refractivity contribution in [3.05, 3.63) is 0 Å². The van der Waals surface area contributed by atoms with Gasteiger partial charge in [0.25, 0.3) is 0 Å². The van der Waals surface area contributed by atoms with Gasteiger partial charge in [0, 0.05) is 44.2 Å². The third-order valence-corrected chi connectivity index (χ3v) is 5.48. The lowest BCUT2D eigenvalue weighted by molar-refractivity contribution is -0.132. The molecule has 6 heteroatoms. The quantitative estimate of drug-likeness (QED) is 0.847. The molecule has 0 radical (unpaired) electrons. The molecular weight excluding hydrogens is 292 g/mol. The molecule has 0 aromatic carbocycles. The summed E-state index contributed by atoms with van der Waals surface area (Å²) in [5, 5.41) is 3.20. The Balaban J connectivity index is 1.45. The predicted molar refractivity (Wildman–Crippen MR) is 89.1 cm³/mol. The van der Waals surface area contributed by atoms with Crippen LogP contribution in [0.2, 0.25) is 0 Å². The molecule has 1 N–H and O–H groups in total. The molecule has 2 saturated carbocycles. The molecule has 130 valence electrons. The van der Waals surface area contributed by atoms with Crippen molar-refractivity contribution in [3.63, 3.8) is 0 Å². The molecule has 0 spiro atoms. The zero-order valence-corrected chi connectivity index (χ0v) is 14.5. The largest absolute Gasteiger partial charge is 0.341 e. The van der Waals surface area contributed by atoms with Crippen LogP contribution in [0.1, 0.15) is 38.5 Å². The number of urea groups is 1. The van der Waals surface area contributed by atoms with Crippen LogP contribution in [0.15, 0.2) is 0 Å². The number of amides is 3. The summed E-state index contributed by atoms with van der Waals surface area (Å²) in [5.74, 6) is 0.578. The van der Waals surface area contributed by atoms with E-state index in [2.05, 4.69) is 24.3 Å². The average molecular weight is 322 g/mol. The number of rotatable bonds is 3. The highest BCUT2D eigenvalue weighted by molar-refractivity contribution is 5.81. The van der Waals surface area contributed by atoms with Gasteiger partial charge in [-0.3, -0.25) is 4.79 Å². The Morgan fingerprint density at radius 2 is 1.65 bits per heavy atom. The van der Waals surface area contributed by atoms with Gasteiger partial charge in [-0.05, 0) is 52.6 Å². The fourth-order valence-corrected chi connectivity index (χ4v) is 3.75. The van der Waals surface area contributed by atoms with Gasteiger partial charge in [0.05, 0.1) is 0 Å². The van der Waals surface area contributed by atoms with Crippen molar-refractivity contribution in [3.8, 4) is 0 Å². The number of hydrogen-bond acceptors (Lipinski definition) is 3.